The number of carbonyl (C=O) groups excluding carboxylic acids is 2. The Balaban J connectivity index is 1.53. The molecule has 0 spiro atoms. The predicted octanol–water partition coefficient (Wildman–Crippen LogP) is 4.55. The van der Waals surface area contributed by atoms with Crippen LogP contribution in [0.1, 0.15) is 53.4 Å². The Bertz CT molecular complexity index is 1460. The summed E-state index contributed by atoms with van der Waals surface area (Å²) in [6.45, 7) is 3.86. The van der Waals surface area contributed by atoms with Gasteiger partial charge < -0.3 is 11.1 Å². The Labute approximate surface area is 213 Å². The van der Waals surface area contributed by atoms with Crippen LogP contribution in [0.2, 0.25) is 0 Å². The fourth-order valence-electron chi connectivity index (χ4n) is 4.03. The van der Waals surface area contributed by atoms with Crippen molar-refractivity contribution in [1.82, 2.24) is 20.5 Å². The minimum Gasteiger partial charge on any atom is -0.383 e. The van der Waals surface area contributed by atoms with Gasteiger partial charge in [0.2, 0.25) is 0 Å². The fraction of sp³-hybridized carbons (Fsp3) is 0.250. The molecular weight excluding hydrogens is 476 g/mol. The number of benzene rings is 2. The fourth-order valence-corrected chi connectivity index (χ4v) is 4.03. The van der Waals surface area contributed by atoms with Crippen molar-refractivity contribution in [3.8, 4) is 0 Å². The highest BCUT2D eigenvalue weighted by Crippen LogP contribution is 2.21. The van der Waals surface area contributed by atoms with Crippen LogP contribution >= 0.6 is 0 Å². The van der Waals surface area contributed by atoms with Crippen LogP contribution in [0.5, 0.6) is 0 Å². The van der Waals surface area contributed by atoms with Gasteiger partial charge in [-0.1, -0.05) is 38.1 Å². The second-order valence-electron chi connectivity index (χ2n) is 9.22. The van der Waals surface area contributed by atoms with E-state index in [0.29, 0.717) is 23.5 Å². The third kappa shape index (κ3) is 6.30. The molecular formula is C28H27F2N5O2. The number of nitrogens with two attached hydrogens (primary N) is 1. The van der Waals surface area contributed by atoms with E-state index < -0.39 is 23.6 Å². The van der Waals surface area contributed by atoms with E-state index >= 15 is 0 Å². The number of pyridine rings is 1. The highest BCUT2D eigenvalue weighted by molar-refractivity contribution is 5.98. The summed E-state index contributed by atoms with van der Waals surface area (Å²) in [6.07, 6.45) is 3.52. The van der Waals surface area contributed by atoms with Gasteiger partial charge in [0.05, 0.1) is 23.5 Å². The van der Waals surface area contributed by atoms with E-state index in [4.69, 9.17) is 5.73 Å². The minimum absolute atomic E-state index is 0.0112. The van der Waals surface area contributed by atoms with Crippen molar-refractivity contribution in [2.24, 2.45) is 0 Å². The average molecular weight is 504 g/mol. The monoisotopic (exact) mass is 503 g/mol. The quantitative estimate of drug-likeness (QED) is 0.347. The van der Waals surface area contributed by atoms with Crippen LogP contribution in [0, 0.1) is 11.6 Å². The Morgan fingerprint density at radius 2 is 1.78 bits per heavy atom. The first-order valence-electron chi connectivity index (χ1n) is 11.9. The third-order valence-electron chi connectivity index (χ3n) is 6.16. The number of rotatable bonds is 9. The first-order chi connectivity index (χ1) is 17.7. The second kappa shape index (κ2) is 11.2. The van der Waals surface area contributed by atoms with Crippen LogP contribution in [-0.4, -0.2) is 32.9 Å². The normalized spacial score (nSPS) is 12.0. The zero-order valence-electron chi connectivity index (χ0n) is 20.5. The van der Waals surface area contributed by atoms with Crippen LogP contribution in [0.3, 0.4) is 0 Å². The maximum absolute atomic E-state index is 13.8. The highest BCUT2D eigenvalue weighted by Gasteiger charge is 2.23. The van der Waals surface area contributed by atoms with Crippen molar-refractivity contribution in [3.05, 3.63) is 94.9 Å². The number of aromatic nitrogens is 3. The number of amides is 1. The Morgan fingerprint density at radius 1 is 1.00 bits per heavy atom. The van der Waals surface area contributed by atoms with E-state index in [1.807, 2.05) is 38.1 Å². The maximum atomic E-state index is 13.8. The van der Waals surface area contributed by atoms with Crippen LogP contribution in [0.15, 0.2) is 60.9 Å². The van der Waals surface area contributed by atoms with Crippen molar-refractivity contribution < 1.29 is 18.4 Å². The van der Waals surface area contributed by atoms with E-state index in [0.717, 1.165) is 28.5 Å². The van der Waals surface area contributed by atoms with E-state index in [9.17, 15) is 18.4 Å². The Hall–Kier alpha value is -4.27. The maximum Gasteiger partial charge on any atom is 0.253 e. The van der Waals surface area contributed by atoms with Gasteiger partial charge in [0.1, 0.15) is 5.82 Å². The van der Waals surface area contributed by atoms with Gasteiger partial charge in [0, 0.05) is 18.0 Å². The van der Waals surface area contributed by atoms with Crippen molar-refractivity contribution in [2.75, 3.05) is 5.73 Å². The lowest BCUT2D eigenvalue weighted by Crippen LogP contribution is -2.42. The molecule has 9 heteroatoms. The summed E-state index contributed by atoms with van der Waals surface area (Å²) in [5, 5.41) is 12.4. The molecule has 1 atom stereocenters. The summed E-state index contributed by atoms with van der Waals surface area (Å²) in [7, 11) is 0. The summed E-state index contributed by atoms with van der Waals surface area (Å²) in [4.78, 5) is 30.4. The molecule has 1 amide bonds. The molecule has 0 saturated heterocycles. The molecule has 2 aromatic carbocycles. The van der Waals surface area contributed by atoms with Gasteiger partial charge in [0.25, 0.3) is 5.91 Å². The van der Waals surface area contributed by atoms with Gasteiger partial charge in [0.15, 0.2) is 17.4 Å². The number of nitrogens with one attached hydrogen (secondary N) is 1. The molecule has 0 bridgehead atoms. The predicted molar refractivity (Wildman–Crippen MR) is 137 cm³/mol. The molecule has 0 saturated carbocycles. The topological polar surface area (TPSA) is 111 Å². The highest BCUT2D eigenvalue weighted by atomic mass is 19.2. The molecule has 2 aromatic heterocycles. The summed E-state index contributed by atoms with van der Waals surface area (Å²) in [5.74, 6) is -2.23. The molecule has 0 radical (unpaired) electrons. The van der Waals surface area contributed by atoms with Gasteiger partial charge >= 0.3 is 0 Å². The molecule has 0 aliphatic rings. The third-order valence-corrected chi connectivity index (χ3v) is 6.16. The van der Waals surface area contributed by atoms with Gasteiger partial charge in [-0.2, -0.15) is 10.2 Å². The first-order valence-corrected chi connectivity index (χ1v) is 11.9. The molecule has 0 aliphatic heterocycles. The molecule has 7 nitrogen and oxygen atoms in total. The van der Waals surface area contributed by atoms with Crippen LogP contribution in [0.25, 0.3) is 10.8 Å². The summed E-state index contributed by atoms with van der Waals surface area (Å²) < 4.78 is 27.3. The van der Waals surface area contributed by atoms with E-state index in [1.54, 1.807) is 12.3 Å². The van der Waals surface area contributed by atoms with Crippen molar-refractivity contribution >= 4 is 28.3 Å². The molecule has 0 aliphatic carbocycles. The van der Waals surface area contributed by atoms with E-state index in [1.165, 1.54) is 12.3 Å². The molecule has 4 aromatic rings. The number of aryl methyl sites for hydroxylation is 1. The number of anilines is 1. The molecule has 0 fully saturated rings. The van der Waals surface area contributed by atoms with Gasteiger partial charge in [-0.15, -0.1) is 0 Å². The second-order valence-corrected chi connectivity index (χ2v) is 9.22. The van der Waals surface area contributed by atoms with Crippen molar-refractivity contribution in [1.29, 1.82) is 0 Å². The lowest BCUT2D eigenvalue weighted by atomic mass is 9.96. The molecule has 3 N–H and O–H groups in total. The molecule has 0 unspecified atom stereocenters. The SMILES string of the molecule is CC(C)c1cc(C(=O)N[C@@H](Cc2ccc(F)c(F)c2)C(=O)CCc2ccc3c(N)nccc3c2)cnn1. The number of nitrogen functional groups attached to an aromatic ring is 1. The number of fused-ring (bicyclic) bond motifs is 1. The summed E-state index contributed by atoms with van der Waals surface area (Å²) >= 11 is 0. The lowest BCUT2D eigenvalue weighted by Gasteiger charge is -2.18. The molecule has 37 heavy (non-hydrogen) atoms. The van der Waals surface area contributed by atoms with Crippen LogP contribution < -0.4 is 11.1 Å². The Morgan fingerprint density at radius 3 is 2.54 bits per heavy atom. The summed E-state index contributed by atoms with van der Waals surface area (Å²) in [5.41, 5.74) is 8.14. The molecule has 2 heterocycles. The number of hydrogen-bond donors (Lipinski definition) is 2. The van der Waals surface area contributed by atoms with Gasteiger partial charge in [-0.05, 0) is 59.5 Å². The lowest BCUT2D eigenvalue weighted by molar-refractivity contribution is -0.120. The smallest absolute Gasteiger partial charge is 0.253 e. The van der Waals surface area contributed by atoms with Gasteiger partial charge in [-0.3, -0.25) is 9.59 Å². The zero-order chi connectivity index (χ0) is 26.5. The molecule has 4 rings (SSSR count). The van der Waals surface area contributed by atoms with Gasteiger partial charge in [-0.25, -0.2) is 13.8 Å². The molecule has 190 valence electrons. The van der Waals surface area contributed by atoms with Crippen molar-refractivity contribution in [2.45, 2.75) is 45.1 Å². The summed E-state index contributed by atoms with van der Waals surface area (Å²) in [6, 6.07) is 11.6. The van der Waals surface area contributed by atoms with Crippen LogP contribution in [0.4, 0.5) is 14.6 Å². The minimum atomic E-state index is -1.01. The number of nitrogens with zero attached hydrogens (tertiary/aromatic N) is 3. The standard InChI is InChI=1S/C28H27F2N5O2/c1-16(2)24-14-20(15-33-35-24)28(37)34-25(13-18-4-7-22(29)23(30)12-18)26(36)8-5-17-3-6-21-19(11-17)9-10-32-27(21)31/h3-4,6-7,9-12,14-16,25H,5,8,13H2,1-2H3,(H2,31,32)(H,34,37)/t25-/m0/s1. The van der Waals surface area contributed by atoms with E-state index in [-0.39, 0.29) is 30.1 Å². The number of Topliss-reactive ketones (excluding diaryl/α,β-unsaturated/α-hetero) is 1. The first kappa shape index (κ1) is 25.8. The number of ketones is 1. The Kier molecular flexibility index (Phi) is 7.81. The largest absolute Gasteiger partial charge is 0.383 e. The number of carbonyl (C=O) groups is 2. The van der Waals surface area contributed by atoms with Crippen molar-refractivity contribution in [3.63, 3.8) is 0 Å². The average Bonchev–Trinajstić information content (AvgIpc) is 2.89. The van der Waals surface area contributed by atoms with Crippen LogP contribution in [-0.2, 0) is 17.6 Å². The number of hydrogen-bond acceptors (Lipinski definition) is 6. The number of halogens is 2. The zero-order valence-corrected chi connectivity index (χ0v) is 20.5. The van der Waals surface area contributed by atoms with E-state index in [2.05, 4.69) is 20.5 Å².